The number of hydrogen-bond acceptors (Lipinski definition) is 10. The predicted molar refractivity (Wildman–Crippen MR) is 154 cm³/mol. The first-order valence-corrected chi connectivity index (χ1v) is 14.1. The van der Waals surface area contributed by atoms with Crippen molar-refractivity contribution in [2.45, 2.75) is 49.9 Å². The molecule has 1 saturated carbocycles. The second kappa shape index (κ2) is 11.0. The molecule has 3 aliphatic carbocycles. The summed E-state index contributed by atoms with van der Waals surface area (Å²) in [5.74, 6) is -9.77. The van der Waals surface area contributed by atoms with E-state index in [0.717, 1.165) is 5.56 Å². The van der Waals surface area contributed by atoms with E-state index in [2.05, 4.69) is 0 Å². The van der Waals surface area contributed by atoms with Gasteiger partial charge in [-0.2, -0.15) is 0 Å². The molecule has 0 heterocycles. The van der Waals surface area contributed by atoms with Crippen LogP contribution in [0.15, 0.2) is 65.4 Å². The van der Waals surface area contributed by atoms with Gasteiger partial charge in [0, 0.05) is 17.9 Å². The Kier molecular flexibility index (Phi) is 7.66. The van der Waals surface area contributed by atoms with Gasteiger partial charge in [-0.1, -0.05) is 49.4 Å². The van der Waals surface area contributed by atoms with Crippen LogP contribution in [0.3, 0.4) is 0 Å². The quantitative estimate of drug-likeness (QED) is 0.236. The molecular formula is C32H34N2O9. The number of nitrogens with zero attached hydrogens (tertiary/aromatic N) is 1. The molecule has 0 saturated heterocycles. The van der Waals surface area contributed by atoms with E-state index >= 15 is 0 Å². The van der Waals surface area contributed by atoms with E-state index in [1.165, 1.54) is 25.1 Å². The number of aryl methyl sites for hydroxylation is 1. The first kappa shape index (κ1) is 30.0. The molecule has 43 heavy (non-hydrogen) atoms. The first-order chi connectivity index (χ1) is 20.4. The molecular weight excluding hydrogens is 556 g/mol. The molecule has 226 valence electrons. The summed E-state index contributed by atoms with van der Waals surface area (Å²) in [7, 11) is 2.97. The molecule has 1 amide bonds. The number of aliphatic hydroxyl groups is 3. The summed E-state index contributed by atoms with van der Waals surface area (Å²) in [5, 5.41) is 45.9. The molecule has 5 rings (SSSR count). The number of ketones is 2. The van der Waals surface area contributed by atoms with Gasteiger partial charge in [0.2, 0.25) is 5.78 Å². The molecule has 0 unspecified atom stereocenters. The van der Waals surface area contributed by atoms with Crippen LogP contribution in [0.2, 0.25) is 0 Å². The molecule has 3 aliphatic rings. The monoisotopic (exact) mass is 590 g/mol. The number of hydrogen-bond donors (Lipinski definition) is 5. The Labute approximate surface area is 247 Å². The van der Waals surface area contributed by atoms with Crippen molar-refractivity contribution in [3.8, 4) is 5.75 Å². The molecule has 11 heteroatoms. The van der Waals surface area contributed by atoms with Gasteiger partial charge < -0.3 is 30.9 Å². The number of carbonyl (C=O) groups is 4. The number of phenols is 1. The number of amides is 1. The van der Waals surface area contributed by atoms with Gasteiger partial charge in [0.15, 0.2) is 11.4 Å². The smallest absolute Gasteiger partial charge is 0.305 e. The Morgan fingerprint density at radius 3 is 2.30 bits per heavy atom. The molecule has 0 spiro atoms. The predicted octanol–water partition coefficient (Wildman–Crippen LogP) is 2.07. The van der Waals surface area contributed by atoms with Gasteiger partial charge in [0.25, 0.3) is 5.91 Å². The summed E-state index contributed by atoms with van der Waals surface area (Å²) in [6, 6.07) is 12.7. The molecule has 6 atom stereocenters. The van der Waals surface area contributed by atoms with Crippen LogP contribution in [0, 0.1) is 11.8 Å². The Morgan fingerprint density at radius 2 is 1.70 bits per heavy atom. The zero-order valence-electron chi connectivity index (χ0n) is 24.0. The fourth-order valence-electron chi connectivity index (χ4n) is 7.05. The zero-order valence-corrected chi connectivity index (χ0v) is 24.0. The Hall–Kier alpha value is -4.48. The van der Waals surface area contributed by atoms with E-state index in [1.54, 1.807) is 19.1 Å². The Balaban J connectivity index is 1.82. The number of esters is 1. The maximum absolute atomic E-state index is 14.5. The summed E-state index contributed by atoms with van der Waals surface area (Å²) in [4.78, 5) is 54.8. The highest BCUT2D eigenvalue weighted by Gasteiger charge is 2.69. The molecule has 0 radical (unpaired) electrons. The number of rotatable bonds is 7. The number of benzene rings is 2. The van der Waals surface area contributed by atoms with Crippen molar-refractivity contribution in [1.82, 2.24) is 4.90 Å². The van der Waals surface area contributed by atoms with E-state index in [4.69, 9.17) is 10.5 Å². The van der Waals surface area contributed by atoms with E-state index in [9.17, 15) is 39.6 Å². The number of primary amides is 1. The van der Waals surface area contributed by atoms with Gasteiger partial charge >= 0.3 is 5.97 Å². The summed E-state index contributed by atoms with van der Waals surface area (Å²) in [6.07, 6.45) is -0.670. The molecule has 2 aromatic rings. The lowest BCUT2D eigenvalue weighted by atomic mass is 9.53. The van der Waals surface area contributed by atoms with Gasteiger partial charge in [-0.15, -0.1) is 0 Å². The van der Waals surface area contributed by atoms with Crippen LogP contribution in [0.5, 0.6) is 5.75 Å². The first-order valence-electron chi connectivity index (χ1n) is 14.1. The number of aliphatic hydroxyl groups excluding tert-OH is 2. The number of fused-ring (bicyclic) bond motifs is 3. The third-order valence-electron chi connectivity index (χ3n) is 8.91. The van der Waals surface area contributed by atoms with Crippen molar-refractivity contribution in [3.63, 3.8) is 0 Å². The standard InChI is InChI=1S/C32H34N2O9/c1-4-19(36)43-28-21-17(14-13-15-9-6-5-7-10-15)16-11-8-12-18(35)20(16)26(37)22(21)29(39)32(42)24(28)25(34(2)3)27(38)23(30(32)40)31(33)41/h5-12,17,21,24-25,28,35,37,40,42H,4,13-14H2,1-3H3,(H2,33,41)/t17-,21+,24+,25-,28-,32-/m1/s1. The van der Waals surface area contributed by atoms with Gasteiger partial charge in [-0.05, 0) is 50.0 Å². The van der Waals surface area contributed by atoms with Crippen LogP contribution in [0.4, 0.5) is 0 Å². The van der Waals surface area contributed by atoms with Crippen LogP contribution in [-0.2, 0) is 30.3 Å². The Morgan fingerprint density at radius 1 is 1.02 bits per heavy atom. The summed E-state index contributed by atoms with van der Waals surface area (Å²) in [6.45, 7) is 1.55. The third kappa shape index (κ3) is 4.50. The lowest BCUT2D eigenvalue weighted by Gasteiger charge is -2.55. The highest BCUT2D eigenvalue weighted by molar-refractivity contribution is 6.24. The van der Waals surface area contributed by atoms with Gasteiger partial charge in [-0.3, -0.25) is 24.1 Å². The molecule has 11 nitrogen and oxygen atoms in total. The van der Waals surface area contributed by atoms with E-state index < -0.39 is 76.0 Å². The normalized spacial score (nSPS) is 28.3. The van der Waals surface area contributed by atoms with E-state index in [-0.39, 0.29) is 23.3 Å². The number of carbonyl (C=O) groups excluding carboxylic acids is 4. The van der Waals surface area contributed by atoms with Crippen LogP contribution in [0.25, 0.3) is 5.76 Å². The number of likely N-dealkylation sites (N-methyl/N-ethyl adjacent to an activating group) is 1. The van der Waals surface area contributed by atoms with Crippen molar-refractivity contribution < 1.29 is 44.3 Å². The average Bonchev–Trinajstić information content (AvgIpc) is 2.96. The molecule has 0 aliphatic heterocycles. The number of ether oxygens (including phenoxy) is 1. The van der Waals surface area contributed by atoms with Crippen molar-refractivity contribution in [2.75, 3.05) is 14.1 Å². The summed E-state index contributed by atoms with van der Waals surface area (Å²) < 4.78 is 5.95. The van der Waals surface area contributed by atoms with Crippen LogP contribution >= 0.6 is 0 Å². The molecule has 0 aromatic heterocycles. The molecule has 6 N–H and O–H groups in total. The van der Waals surface area contributed by atoms with Crippen LogP contribution in [0.1, 0.15) is 42.4 Å². The second-order valence-electron chi connectivity index (χ2n) is 11.5. The third-order valence-corrected chi connectivity index (χ3v) is 8.91. The lowest BCUT2D eigenvalue weighted by molar-refractivity contribution is -0.185. The van der Waals surface area contributed by atoms with Gasteiger partial charge in [0.1, 0.15) is 28.9 Å². The van der Waals surface area contributed by atoms with Gasteiger partial charge in [0.05, 0.1) is 17.5 Å². The van der Waals surface area contributed by atoms with Crippen molar-refractivity contribution in [2.24, 2.45) is 17.6 Å². The average molecular weight is 591 g/mol. The molecule has 1 fully saturated rings. The zero-order chi connectivity index (χ0) is 31.4. The number of Topliss-reactive ketones (excluding diaryl/α,β-unsaturated/α-hetero) is 2. The maximum atomic E-state index is 14.5. The second-order valence-corrected chi connectivity index (χ2v) is 11.5. The van der Waals surface area contributed by atoms with Crippen LogP contribution in [-0.4, -0.2) is 80.6 Å². The summed E-state index contributed by atoms with van der Waals surface area (Å²) in [5.41, 5.74) is 2.54. The number of nitrogens with two attached hydrogens (primary N) is 1. The van der Waals surface area contributed by atoms with E-state index in [0.29, 0.717) is 18.4 Å². The largest absolute Gasteiger partial charge is 0.508 e. The lowest BCUT2D eigenvalue weighted by Crippen LogP contribution is -2.71. The highest BCUT2D eigenvalue weighted by Crippen LogP contribution is 2.58. The fourth-order valence-corrected chi connectivity index (χ4v) is 7.05. The van der Waals surface area contributed by atoms with E-state index in [1.807, 2.05) is 30.3 Å². The SMILES string of the molecule is CCC(=O)O[C@@H]1[C@@H]2C(=C(O)c3c(O)cccc3[C@H]2CCc2ccccc2)C(=O)[C@@]2(O)C(O)=C(C(N)=O)C(=O)[C@H](N(C)C)[C@@H]12. The van der Waals surface area contributed by atoms with Crippen LogP contribution < -0.4 is 5.73 Å². The molecule has 0 bridgehead atoms. The minimum atomic E-state index is -2.97. The maximum Gasteiger partial charge on any atom is 0.305 e. The topological polar surface area (TPSA) is 188 Å². The number of phenolic OH excluding ortho intramolecular Hbond substituents is 1. The Bertz CT molecular complexity index is 1580. The minimum absolute atomic E-state index is 0.0302. The summed E-state index contributed by atoms with van der Waals surface area (Å²) >= 11 is 0. The van der Waals surface area contributed by atoms with Crippen molar-refractivity contribution >= 4 is 29.2 Å². The minimum Gasteiger partial charge on any atom is -0.508 e. The molecule has 2 aromatic carbocycles. The van der Waals surface area contributed by atoms with Crippen molar-refractivity contribution in [3.05, 3.63) is 82.1 Å². The van der Waals surface area contributed by atoms with Crippen molar-refractivity contribution in [1.29, 1.82) is 0 Å². The highest BCUT2D eigenvalue weighted by atomic mass is 16.5. The van der Waals surface area contributed by atoms with Gasteiger partial charge in [-0.25, -0.2) is 0 Å². The number of aromatic hydroxyl groups is 1. The fraction of sp³-hybridized carbons (Fsp3) is 0.375.